The van der Waals surface area contributed by atoms with E-state index in [0.717, 1.165) is 16.8 Å². The summed E-state index contributed by atoms with van der Waals surface area (Å²) >= 11 is 0. The Balaban J connectivity index is 1.10. The normalized spacial score (nSPS) is 26.3. The fraction of sp³-hybridized carbons (Fsp3) is 0.286. The second-order valence-electron chi connectivity index (χ2n) is 9.87. The van der Waals surface area contributed by atoms with Crippen molar-refractivity contribution in [3.05, 3.63) is 66.5 Å². The van der Waals surface area contributed by atoms with Crippen molar-refractivity contribution in [1.29, 1.82) is 0 Å². The molecule has 39 heavy (non-hydrogen) atoms. The molecular formula is C28H25FN4O6. The van der Waals surface area contributed by atoms with Crippen LogP contribution in [-0.4, -0.2) is 71.6 Å². The second kappa shape index (κ2) is 9.02. The third-order valence-electron chi connectivity index (χ3n) is 7.46. The number of hydrogen-bond acceptors (Lipinski definition) is 8. The molecule has 7 rings (SSSR count). The van der Waals surface area contributed by atoms with E-state index < -0.39 is 29.9 Å². The fourth-order valence-electron chi connectivity index (χ4n) is 5.37. The maximum absolute atomic E-state index is 15.1. The van der Waals surface area contributed by atoms with Crippen molar-refractivity contribution < 1.29 is 33.2 Å². The van der Waals surface area contributed by atoms with Crippen molar-refractivity contribution in [3.8, 4) is 28.3 Å². The average molecular weight is 533 g/mol. The Hall–Kier alpha value is -4.03. The number of halogens is 1. The van der Waals surface area contributed by atoms with Gasteiger partial charge in [0.1, 0.15) is 24.5 Å². The summed E-state index contributed by atoms with van der Waals surface area (Å²) in [5.74, 6) is -0.133. The first-order valence-electron chi connectivity index (χ1n) is 12.6. The SMILES string of the molecule is N[C@]12OC[C@@H](O)[C@H]1OC[C@H]2Oc1cc2nc(-c3ccc(-c4ccc(N5CCOC5=O)cc4)cc3)c(F)cc2[nH]1. The molecule has 0 spiro atoms. The monoisotopic (exact) mass is 532 g/mol. The number of carbonyl (C=O) groups is 1. The number of benzene rings is 2. The molecule has 4 N–H and O–H groups in total. The predicted octanol–water partition coefficient (Wildman–Crippen LogP) is 3.18. The van der Waals surface area contributed by atoms with Crippen molar-refractivity contribution in [2.45, 2.75) is 24.0 Å². The van der Waals surface area contributed by atoms with E-state index in [9.17, 15) is 9.90 Å². The van der Waals surface area contributed by atoms with Gasteiger partial charge in [-0.3, -0.25) is 10.6 Å². The maximum atomic E-state index is 15.1. The van der Waals surface area contributed by atoms with E-state index in [1.165, 1.54) is 6.07 Å². The van der Waals surface area contributed by atoms with Crippen molar-refractivity contribution in [1.82, 2.24) is 9.97 Å². The van der Waals surface area contributed by atoms with Gasteiger partial charge in [-0.25, -0.2) is 14.2 Å². The maximum Gasteiger partial charge on any atom is 0.414 e. The van der Waals surface area contributed by atoms with Crippen LogP contribution in [0, 0.1) is 5.82 Å². The summed E-state index contributed by atoms with van der Waals surface area (Å²) in [6.07, 6.45) is -2.47. The van der Waals surface area contributed by atoms with Gasteiger partial charge in [0.25, 0.3) is 0 Å². The smallest absolute Gasteiger partial charge is 0.414 e. The van der Waals surface area contributed by atoms with Crippen molar-refractivity contribution >= 4 is 22.8 Å². The predicted molar refractivity (Wildman–Crippen MR) is 139 cm³/mol. The molecule has 3 fully saturated rings. The van der Waals surface area contributed by atoms with Crippen LogP contribution in [0.5, 0.6) is 5.88 Å². The first-order valence-corrected chi connectivity index (χ1v) is 12.6. The Morgan fingerprint density at radius 3 is 2.51 bits per heavy atom. The Morgan fingerprint density at radius 2 is 1.79 bits per heavy atom. The molecular weight excluding hydrogens is 507 g/mol. The molecule has 0 bridgehead atoms. The summed E-state index contributed by atoms with van der Waals surface area (Å²) in [6.45, 7) is 1.15. The minimum Gasteiger partial charge on any atom is -0.468 e. The van der Waals surface area contributed by atoms with Crippen LogP contribution in [0.1, 0.15) is 0 Å². The van der Waals surface area contributed by atoms with Crippen LogP contribution in [0.15, 0.2) is 60.7 Å². The van der Waals surface area contributed by atoms with E-state index in [4.69, 9.17) is 24.7 Å². The number of cyclic esters (lactones) is 1. The number of aliphatic hydroxyl groups excluding tert-OH is 1. The van der Waals surface area contributed by atoms with E-state index in [0.29, 0.717) is 35.6 Å². The number of nitrogens with one attached hydrogen (secondary N) is 1. The number of nitrogens with zero attached hydrogens (tertiary/aromatic N) is 2. The highest BCUT2D eigenvalue weighted by Gasteiger charge is 2.59. The number of carbonyl (C=O) groups excluding carboxylic acids is 1. The van der Waals surface area contributed by atoms with Gasteiger partial charge in [0.15, 0.2) is 23.5 Å². The Morgan fingerprint density at radius 1 is 1.08 bits per heavy atom. The lowest BCUT2D eigenvalue weighted by molar-refractivity contribution is -0.0637. The van der Waals surface area contributed by atoms with Gasteiger partial charge < -0.3 is 29.0 Å². The number of aromatic amines is 1. The number of fused-ring (bicyclic) bond motifs is 2. The van der Waals surface area contributed by atoms with E-state index in [2.05, 4.69) is 9.97 Å². The molecule has 0 saturated carbocycles. The molecule has 3 saturated heterocycles. The summed E-state index contributed by atoms with van der Waals surface area (Å²) < 4.78 is 37.2. The molecule has 200 valence electrons. The largest absolute Gasteiger partial charge is 0.468 e. The molecule has 1 amide bonds. The number of H-pyrrole nitrogens is 1. The molecule has 2 aromatic carbocycles. The zero-order valence-electron chi connectivity index (χ0n) is 20.7. The van der Waals surface area contributed by atoms with Crippen molar-refractivity contribution in [2.75, 3.05) is 31.3 Å². The van der Waals surface area contributed by atoms with Gasteiger partial charge in [0.05, 0.1) is 30.8 Å². The topological polar surface area (TPSA) is 132 Å². The van der Waals surface area contributed by atoms with Gasteiger partial charge in [-0.15, -0.1) is 0 Å². The van der Waals surface area contributed by atoms with Gasteiger partial charge in [-0.1, -0.05) is 36.4 Å². The molecule has 0 unspecified atom stereocenters. The fourth-order valence-corrected chi connectivity index (χ4v) is 5.37. The molecule has 4 atom stereocenters. The lowest BCUT2D eigenvalue weighted by Crippen LogP contribution is -2.57. The summed E-state index contributed by atoms with van der Waals surface area (Å²) in [4.78, 5) is 20.9. The van der Waals surface area contributed by atoms with Crippen LogP contribution in [0.3, 0.4) is 0 Å². The number of hydrogen-bond donors (Lipinski definition) is 3. The van der Waals surface area contributed by atoms with Crippen LogP contribution in [0.4, 0.5) is 14.9 Å². The van der Waals surface area contributed by atoms with Crippen molar-refractivity contribution in [2.24, 2.45) is 5.73 Å². The standard InChI is InChI=1S/C28H25FN4O6/c29-19-11-20-21(12-24(31-20)39-23-14-37-26-22(34)13-38-28(23,26)30)32-25(19)17-3-1-15(2-4-17)16-5-7-18(8-6-16)33-9-10-36-27(33)35/h1-8,11-12,22-23,26,31,34H,9-10,13-14,30H2/t22-,23-,26-,28-/m1/s1. The summed E-state index contributed by atoms with van der Waals surface area (Å²) in [6, 6.07) is 18.1. The highest BCUT2D eigenvalue weighted by molar-refractivity contribution is 5.89. The lowest BCUT2D eigenvalue weighted by atomic mass is 10.0. The van der Waals surface area contributed by atoms with Gasteiger partial charge >= 0.3 is 6.09 Å². The Labute approximate surface area is 222 Å². The molecule has 3 aliphatic heterocycles. The van der Waals surface area contributed by atoms with E-state index in [1.54, 1.807) is 11.0 Å². The zero-order chi connectivity index (χ0) is 26.7. The molecule has 3 aliphatic rings. The molecule has 0 radical (unpaired) electrons. The quantitative estimate of drug-likeness (QED) is 0.357. The number of anilines is 1. The van der Waals surface area contributed by atoms with Crippen LogP contribution < -0.4 is 15.4 Å². The first-order chi connectivity index (χ1) is 18.9. The van der Waals surface area contributed by atoms with Crippen LogP contribution >= 0.6 is 0 Å². The molecule has 11 heteroatoms. The van der Waals surface area contributed by atoms with E-state index >= 15 is 4.39 Å². The number of rotatable bonds is 5. The average Bonchev–Trinajstić information content (AvgIpc) is 3.69. The minimum atomic E-state index is -1.26. The molecule has 10 nitrogen and oxygen atoms in total. The third-order valence-corrected chi connectivity index (χ3v) is 7.46. The van der Waals surface area contributed by atoms with Crippen LogP contribution in [-0.2, 0) is 14.2 Å². The molecule has 5 heterocycles. The molecule has 4 aromatic rings. The van der Waals surface area contributed by atoms with Crippen LogP contribution in [0.25, 0.3) is 33.4 Å². The second-order valence-corrected chi connectivity index (χ2v) is 9.87. The van der Waals surface area contributed by atoms with Gasteiger partial charge in [0, 0.05) is 23.4 Å². The summed E-state index contributed by atoms with van der Waals surface area (Å²) in [5.41, 5.74) is 9.58. The number of ether oxygens (including phenoxy) is 4. The number of amides is 1. The minimum absolute atomic E-state index is 0.0724. The molecule has 2 aromatic heterocycles. The Kier molecular flexibility index (Phi) is 5.56. The summed E-state index contributed by atoms with van der Waals surface area (Å²) in [5, 5.41) is 10.0. The number of pyridine rings is 1. The van der Waals surface area contributed by atoms with Gasteiger partial charge in [-0.2, -0.15) is 0 Å². The number of aromatic nitrogens is 2. The number of nitrogens with two attached hydrogens (primary N) is 1. The van der Waals surface area contributed by atoms with E-state index in [1.807, 2.05) is 48.5 Å². The molecule has 0 aliphatic carbocycles. The zero-order valence-corrected chi connectivity index (χ0v) is 20.7. The van der Waals surface area contributed by atoms with E-state index in [-0.39, 0.29) is 25.0 Å². The van der Waals surface area contributed by atoms with Gasteiger partial charge in [0.2, 0.25) is 0 Å². The highest BCUT2D eigenvalue weighted by atomic mass is 19.1. The van der Waals surface area contributed by atoms with Crippen molar-refractivity contribution in [3.63, 3.8) is 0 Å². The third kappa shape index (κ3) is 4.02. The van der Waals surface area contributed by atoms with Crippen LogP contribution in [0.2, 0.25) is 0 Å². The first kappa shape index (κ1) is 24.0. The van der Waals surface area contributed by atoms with Gasteiger partial charge in [-0.05, 0) is 23.3 Å². The Bertz CT molecular complexity index is 1560. The lowest BCUT2D eigenvalue weighted by Gasteiger charge is -2.27. The summed E-state index contributed by atoms with van der Waals surface area (Å²) in [7, 11) is 0. The number of aliphatic hydroxyl groups is 1. The highest BCUT2D eigenvalue weighted by Crippen LogP contribution is 2.36.